The molecule has 0 saturated carbocycles. The minimum Gasteiger partial charge on any atom is -0.399 e. The topological polar surface area (TPSA) is 49.0 Å². The maximum Gasteiger partial charge on any atom is 0.494 e. The highest BCUT2D eigenvalue weighted by Gasteiger charge is 2.52. The largest absolute Gasteiger partial charge is 0.494 e. The molecule has 0 spiro atoms. The van der Waals surface area contributed by atoms with Crippen LogP contribution in [0.1, 0.15) is 73.9 Å². The number of nitrogens with one attached hydrogen (secondary N) is 1. The van der Waals surface area contributed by atoms with Crippen molar-refractivity contribution < 1.29 is 18.6 Å². The first-order valence-electron chi connectivity index (χ1n) is 11.9. The lowest BCUT2D eigenvalue weighted by Gasteiger charge is -2.32. The van der Waals surface area contributed by atoms with E-state index in [-0.39, 0.29) is 42.7 Å². The van der Waals surface area contributed by atoms with Crippen molar-refractivity contribution in [3.8, 4) is 0 Å². The lowest BCUT2D eigenvalue weighted by molar-refractivity contribution is 0.00578. The number of rotatable bonds is 5. The van der Waals surface area contributed by atoms with Crippen LogP contribution in [-0.4, -0.2) is 36.6 Å². The van der Waals surface area contributed by atoms with Crippen LogP contribution in [0.15, 0.2) is 48.5 Å². The highest BCUT2D eigenvalue weighted by Crippen LogP contribution is 2.37. The predicted molar refractivity (Wildman–Crippen MR) is 136 cm³/mol. The molecule has 33 heavy (non-hydrogen) atoms. The summed E-state index contributed by atoms with van der Waals surface area (Å²) in [4.78, 5) is 0. The van der Waals surface area contributed by atoms with Gasteiger partial charge >= 0.3 is 14.2 Å². The predicted octanol–water partition coefficient (Wildman–Crippen LogP) is 4.46. The molecule has 4 rings (SSSR count). The van der Waals surface area contributed by atoms with E-state index < -0.39 is 0 Å². The van der Waals surface area contributed by atoms with Gasteiger partial charge in [0.15, 0.2) is 0 Å². The molecule has 2 heterocycles. The Balaban J connectivity index is 1.43. The van der Waals surface area contributed by atoms with Gasteiger partial charge in [-0.1, -0.05) is 36.4 Å². The van der Waals surface area contributed by atoms with Crippen LogP contribution in [0.3, 0.4) is 0 Å². The van der Waals surface area contributed by atoms with Crippen LogP contribution in [0.25, 0.3) is 0 Å². The molecule has 2 aliphatic heterocycles. The summed E-state index contributed by atoms with van der Waals surface area (Å²) in [7, 11) is -0.713. The Kier molecular flexibility index (Phi) is 6.02. The molecule has 1 atom stereocenters. The average Bonchev–Trinajstić information content (AvgIpc) is 3.08. The SMILES string of the molecule is CC(Nc1cccc(B2OC(C)(C)C(C)(C)O2)c1)c1ccc(B2OC(C)(C)C(C)(C)O2)cc1. The molecule has 1 unspecified atom stereocenters. The summed E-state index contributed by atoms with van der Waals surface area (Å²) >= 11 is 0. The average molecular weight is 449 g/mol. The monoisotopic (exact) mass is 449 g/mol. The Morgan fingerprint density at radius 3 is 1.58 bits per heavy atom. The van der Waals surface area contributed by atoms with Crippen molar-refractivity contribution in [1.82, 2.24) is 0 Å². The van der Waals surface area contributed by atoms with Gasteiger partial charge in [0, 0.05) is 11.7 Å². The molecule has 5 nitrogen and oxygen atoms in total. The van der Waals surface area contributed by atoms with Crippen molar-refractivity contribution in [3.05, 3.63) is 54.1 Å². The first-order valence-corrected chi connectivity index (χ1v) is 11.9. The fourth-order valence-electron chi connectivity index (χ4n) is 4.01. The molecule has 2 saturated heterocycles. The second-order valence-corrected chi connectivity index (χ2v) is 11.3. The van der Waals surface area contributed by atoms with Crippen molar-refractivity contribution in [1.29, 1.82) is 0 Å². The van der Waals surface area contributed by atoms with E-state index in [9.17, 15) is 0 Å². The third-order valence-corrected chi connectivity index (χ3v) is 7.76. The Hall–Kier alpha value is -1.79. The molecule has 176 valence electrons. The second kappa shape index (κ2) is 8.16. The molecule has 1 N–H and O–H groups in total. The zero-order valence-corrected chi connectivity index (χ0v) is 21.5. The molecule has 2 aromatic carbocycles. The molecule has 2 aromatic rings. The van der Waals surface area contributed by atoms with Gasteiger partial charge in [-0.2, -0.15) is 0 Å². The van der Waals surface area contributed by atoms with Gasteiger partial charge in [-0.15, -0.1) is 0 Å². The van der Waals surface area contributed by atoms with Crippen molar-refractivity contribution in [3.63, 3.8) is 0 Å². The zero-order chi connectivity index (χ0) is 24.2. The van der Waals surface area contributed by atoms with Gasteiger partial charge in [0.05, 0.1) is 22.4 Å². The minimum atomic E-state index is -0.369. The van der Waals surface area contributed by atoms with E-state index in [2.05, 4.69) is 110 Å². The third-order valence-electron chi connectivity index (χ3n) is 7.76. The van der Waals surface area contributed by atoms with Crippen LogP contribution in [0.4, 0.5) is 5.69 Å². The molecule has 0 bridgehead atoms. The number of hydrogen-bond donors (Lipinski definition) is 1. The van der Waals surface area contributed by atoms with Crippen molar-refractivity contribution in [2.24, 2.45) is 0 Å². The quantitative estimate of drug-likeness (QED) is 0.684. The second-order valence-electron chi connectivity index (χ2n) is 11.3. The van der Waals surface area contributed by atoms with Crippen LogP contribution in [0.5, 0.6) is 0 Å². The van der Waals surface area contributed by atoms with Gasteiger partial charge in [0.1, 0.15) is 0 Å². The number of hydrogen-bond acceptors (Lipinski definition) is 5. The van der Waals surface area contributed by atoms with Crippen LogP contribution < -0.4 is 16.2 Å². The van der Waals surface area contributed by atoms with Gasteiger partial charge in [0.2, 0.25) is 0 Å². The maximum absolute atomic E-state index is 6.21. The van der Waals surface area contributed by atoms with E-state index in [0.717, 1.165) is 16.6 Å². The smallest absolute Gasteiger partial charge is 0.399 e. The first-order chi connectivity index (χ1) is 15.2. The minimum absolute atomic E-state index is 0.130. The maximum atomic E-state index is 6.21. The van der Waals surface area contributed by atoms with E-state index in [1.807, 2.05) is 6.07 Å². The molecular weight excluding hydrogens is 412 g/mol. The number of anilines is 1. The van der Waals surface area contributed by atoms with Crippen molar-refractivity contribution >= 4 is 30.8 Å². The summed E-state index contributed by atoms with van der Waals surface area (Å²) in [5.41, 5.74) is 2.89. The molecule has 0 aromatic heterocycles. The van der Waals surface area contributed by atoms with Gasteiger partial charge in [-0.05, 0) is 90.9 Å². The normalized spacial score (nSPS) is 23.5. The number of benzene rings is 2. The Labute approximate surface area is 199 Å². The fourth-order valence-corrected chi connectivity index (χ4v) is 4.01. The molecular formula is C26H37B2NO4. The van der Waals surface area contributed by atoms with Crippen LogP contribution >= 0.6 is 0 Å². The summed E-state index contributed by atoms with van der Waals surface area (Å²) in [5.74, 6) is 0. The summed E-state index contributed by atoms with van der Waals surface area (Å²) in [6.07, 6.45) is 0. The Morgan fingerprint density at radius 1 is 0.636 bits per heavy atom. The van der Waals surface area contributed by atoms with E-state index in [1.54, 1.807) is 0 Å². The summed E-state index contributed by atoms with van der Waals surface area (Å²) in [5, 5.41) is 3.61. The highest BCUT2D eigenvalue weighted by atomic mass is 16.7. The highest BCUT2D eigenvalue weighted by molar-refractivity contribution is 6.62. The van der Waals surface area contributed by atoms with Crippen molar-refractivity contribution in [2.45, 2.75) is 90.8 Å². The Bertz CT molecular complexity index is 972. The molecule has 2 aliphatic rings. The molecule has 0 amide bonds. The van der Waals surface area contributed by atoms with Gasteiger partial charge < -0.3 is 23.9 Å². The summed E-state index contributed by atoms with van der Waals surface area (Å²) in [6, 6.07) is 16.9. The summed E-state index contributed by atoms with van der Waals surface area (Å²) in [6.45, 7) is 18.8. The molecule has 7 heteroatoms. The first kappa shape index (κ1) is 24.3. The van der Waals surface area contributed by atoms with Gasteiger partial charge in [-0.3, -0.25) is 0 Å². The molecule has 2 fully saturated rings. The third kappa shape index (κ3) is 4.61. The standard InChI is InChI=1S/C26H37B2NO4/c1-18(19-13-15-20(16-14-19)27-30-23(2,3)24(4,5)31-27)29-22-12-10-11-21(17-22)28-32-25(6,7)26(8,9)33-28/h10-18,29H,1-9H3. The lowest BCUT2D eigenvalue weighted by atomic mass is 9.78. The van der Waals surface area contributed by atoms with Gasteiger partial charge in [-0.25, -0.2) is 0 Å². The lowest BCUT2D eigenvalue weighted by Crippen LogP contribution is -2.41. The molecule has 0 aliphatic carbocycles. The van der Waals surface area contributed by atoms with Gasteiger partial charge in [0.25, 0.3) is 0 Å². The van der Waals surface area contributed by atoms with E-state index in [4.69, 9.17) is 18.6 Å². The Morgan fingerprint density at radius 2 is 1.09 bits per heavy atom. The van der Waals surface area contributed by atoms with E-state index in [0.29, 0.717) is 0 Å². The van der Waals surface area contributed by atoms with Crippen LogP contribution in [-0.2, 0) is 18.6 Å². The summed E-state index contributed by atoms with van der Waals surface area (Å²) < 4.78 is 24.8. The van der Waals surface area contributed by atoms with Crippen molar-refractivity contribution in [2.75, 3.05) is 5.32 Å². The zero-order valence-electron chi connectivity index (χ0n) is 21.5. The molecule has 0 radical (unpaired) electrons. The van der Waals surface area contributed by atoms with Crippen LogP contribution in [0.2, 0.25) is 0 Å². The fraction of sp³-hybridized carbons (Fsp3) is 0.538. The van der Waals surface area contributed by atoms with E-state index in [1.165, 1.54) is 5.56 Å². The van der Waals surface area contributed by atoms with Crippen LogP contribution in [0, 0.1) is 0 Å². The van der Waals surface area contributed by atoms with E-state index >= 15 is 0 Å².